The molecule has 1 saturated carbocycles. The molecule has 0 radical (unpaired) electrons. The van der Waals surface area contributed by atoms with E-state index >= 15 is 0 Å². The second kappa shape index (κ2) is 8.54. The molecule has 0 unspecified atom stereocenters. The lowest BCUT2D eigenvalue weighted by atomic mass is 9.96. The molecular formula is C20H30BrN3O. The molecule has 5 heteroatoms. The molecule has 25 heavy (non-hydrogen) atoms. The maximum Gasteiger partial charge on any atom is 0.193 e. The number of hydrogen-bond donors (Lipinski definition) is 1. The Labute approximate surface area is 160 Å². The summed E-state index contributed by atoms with van der Waals surface area (Å²) in [4.78, 5) is 6.76. The van der Waals surface area contributed by atoms with Gasteiger partial charge in [-0.2, -0.15) is 0 Å². The minimum Gasteiger partial charge on any atom is -0.381 e. The molecule has 2 aliphatic rings. The van der Waals surface area contributed by atoms with Gasteiger partial charge >= 0.3 is 0 Å². The van der Waals surface area contributed by atoms with Crippen LogP contribution >= 0.6 is 15.9 Å². The highest BCUT2D eigenvalue weighted by atomic mass is 79.9. The average molecular weight is 408 g/mol. The Morgan fingerprint density at radius 1 is 1.32 bits per heavy atom. The zero-order chi connectivity index (χ0) is 17.7. The summed E-state index contributed by atoms with van der Waals surface area (Å²) in [5.41, 5.74) is 1.68. The van der Waals surface area contributed by atoms with Gasteiger partial charge in [0.05, 0.1) is 0 Å². The summed E-state index contributed by atoms with van der Waals surface area (Å²) in [7, 11) is 4.03. The number of guanidine groups is 1. The molecule has 1 heterocycles. The van der Waals surface area contributed by atoms with Crippen molar-refractivity contribution in [3.05, 3.63) is 34.3 Å². The number of nitrogens with one attached hydrogen (secondary N) is 1. The van der Waals surface area contributed by atoms with Crippen molar-refractivity contribution >= 4 is 21.9 Å². The van der Waals surface area contributed by atoms with Gasteiger partial charge in [0.15, 0.2) is 5.96 Å². The maximum absolute atomic E-state index is 5.46. The molecule has 3 rings (SSSR count). The molecule has 2 fully saturated rings. The van der Waals surface area contributed by atoms with Gasteiger partial charge in [-0.15, -0.1) is 0 Å². The number of benzene rings is 1. The minimum atomic E-state index is 0.261. The lowest BCUT2D eigenvalue weighted by Crippen LogP contribution is -2.43. The molecule has 0 bridgehead atoms. The van der Waals surface area contributed by atoms with E-state index in [9.17, 15) is 0 Å². The van der Waals surface area contributed by atoms with Gasteiger partial charge in [-0.05, 0) is 49.7 Å². The Kier molecular flexibility index (Phi) is 6.39. The Bertz CT molecular complexity index is 594. The number of nitrogens with zero attached hydrogens (tertiary/aromatic N) is 2. The van der Waals surface area contributed by atoms with Crippen LogP contribution in [0.5, 0.6) is 0 Å². The largest absolute Gasteiger partial charge is 0.381 e. The minimum absolute atomic E-state index is 0.261. The molecule has 1 aromatic rings. The molecule has 1 aliphatic carbocycles. The Balaban J connectivity index is 1.51. The SMILES string of the molecule is CN=C(NCC1(c2ccccc2Br)CC1)N(C)CCC1CCOCC1. The first kappa shape index (κ1) is 18.7. The first-order valence-corrected chi connectivity index (χ1v) is 10.2. The fourth-order valence-corrected chi connectivity index (χ4v) is 4.44. The maximum atomic E-state index is 5.46. The van der Waals surface area contributed by atoms with Gasteiger partial charge in [-0.25, -0.2) is 0 Å². The van der Waals surface area contributed by atoms with Crippen LogP contribution in [0.25, 0.3) is 0 Å². The summed E-state index contributed by atoms with van der Waals surface area (Å²) in [6.45, 7) is 3.85. The molecule has 0 aromatic heterocycles. The summed E-state index contributed by atoms with van der Waals surface area (Å²) in [6.07, 6.45) is 6.10. The summed E-state index contributed by atoms with van der Waals surface area (Å²) in [5.74, 6) is 1.80. The third-order valence-electron chi connectivity index (χ3n) is 5.67. The lowest BCUT2D eigenvalue weighted by molar-refractivity contribution is 0.0625. The van der Waals surface area contributed by atoms with Crippen LogP contribution in [0.15, 0.2) is 33.7 Å². The van der Waals surface area contributed by atoms with E-state index in [1.807, 2.05) is 7.05 Å². The smallest absolute Gasteiger partial charge is 0.193 e. The van der Waals surface area contributed by atoms with Gasteiger partial charge in [0, 0.05) is 50.3 Å². The van der Waals surface area contributed by atoms with E-state index in [1.165, 1.54) is 42.1 Å². The molecule has 1 aliphatic heterocycles. The van der Waals surface area contributed by atoms with Gasteiger partial charge in [-0.3, -0.25) is 4.99 Å². The highest BCUT2D eigenvalue weighted by Gasteiger charge is 2.45. The van der Waals surface area contributed by atoms with Crippen molar-refractivity contribution in [2.45, 2.75) is 37.5 Å². The van der Waals surface area contributed by atoms with E-state index in [0.717, 1.165) is 38.2 Å². The fourth-order valence-electron chi connectivity index (χ4n) is 3.73. The van der Waals surface area contributed by atoms with Crippen LogP contribution in [0.3, 0.4) is 0 Å². The zero-order valence-corrected chi connectivity index (χ0v) is 17.0. The topological polar surface area (TPSA) is 36.9 Å². The summed E-state index contributed by atoms with van der Waals surface area (Å²) in [6, 6.07) is 8.61. The highest BCUT2D eigenvalue weighted by Crippen LogP contribution is 2.49. The first-order chi connectivity index (χ1) is 12.1. The van der Waals surface area contributed by atoms with Crippen LogP contribution in [-0.4, -0.2) is 51.3 Å². The van der Waals surface area contributed by atoms with E-state index in [1.54, 1.807) is 0 Å². The average Bonchev–Trinajstić information content (AvgIpc) is 3.42. The number of hydrogen-bond acceptors (Lipinski definition) is 2. The summed E-state index contributed by atoms with van der Waals surface area (Å²) in [5, 5.41) is 3.62. The fraction of sp³-hybridized carbons (Fsp3) is 0.650. The van der Waals surface area contributed by atoms with Crippen molar-refractivity contribution in [2.24, 2.45) is 10.9 Å². The predicted octanol–water partition coefficient (Wildman–Crippen LogP) is 3.80. The number of ether oxygens (including phenoxy) is 1. The van der Waals surface area contributed by atoms with E-state index in [2.05, 4.69) is 62.5 Å². The second-order valence-electron chi connectivity index (χ2n) is 7.43. The molecule has 138 valence electrons. The lowest BCUT2D eigenvalue weighted by Gasteiger charge is -2.28. The van der Waals surface area contributed by atoms with E-state index in [-0.39, 0.29) is 5.41 Å². The molecule has 1 N–H and O–H groups in total. The Morgan fingerprint density at radius 2 is 2.04 bits per heavy atom. The second-order valence-corrected chi connectivity index (χ2v) is 8.28. The summed E-state index contributed by atoms with van der Waals surface area (Å²) < 4.78 is 6.68. The van der Waals surface area contributed by atoms with Crippen LogP contribution in [0.1, 0.15) is 37.7 Å². The molecule has 0 amide bonds. The monoisotopic (exact) mass is 407 g/mol. The van der Waals surface area contributed by atoms with E-state index < -0.39 is 0 Å². The van der Waals surface area contributed by atoms with Gasteiger partial charge in [0.25, 0.3) is 0 Å². The van der Waals surface area contributed by atoms with Crippen LogP contribution in [0.2, 0.25) is 0 Å². The molecule has 1 saturated heterocycles. The van der Waals surface area contributed by atoms with Crippen molar-refractivity contribution in [1.82, 2.24) is 10.2 Å². The Morgan fingerprint density at radius 3 is 2.68 bits per heavy atom. The van der Waals surface area contributed by atoms with Crippen molar-refractivity contribution < 1.29 is 4.74 Å². The van der Waals surface area contributed by atoms with E-state index in [4.69, 9.17) is 4.74 Å². The highest BCUT2D eigenvalue weighted by molar-refractivity contribution is 9.10. The molecular weight excluding hydrogens is 378 g/mol. The van der Waals surface area contributed by atoms with Gasteiger partial charge in [0.1, 0.15) is 0 Å². The molecule has 4 nitrogen and oxygen atoms in total. The molecule has 0 atom stereocenters. The van der Waals surface area contributed by atoms with Crippen LogP contribution in [0, 0.1) is 5.92 Å². The van der Waals surface area contributed by atoms with Crippen molar-refractivity contribution in [3.63, 3.8) is 0 Å². The van der Waals surface area contributed by atoms with Crippen molar-refractivity contribution in [3.8, 4) is 0 Å². The standard InChI is InChI=1S/C20H30BrN3O/c1-22-19(24(2)12-7-16-8-13-25-14-9-16)23-15-20(10-11-20)17-5-3-4-6-18(17)21/h3-6,16H,7-15H2,1-2H3,(H,22,23). The van der Waals surface area contributed by atoms with Gasteiger partial charge < -0.3 is 15.0 Å². The number of aliphatic imine (C=N–C) groups is 1. The normalized spacial score (nSPS) is 20.4. The quantitative estimate of drug-likeness (QED) is 0.575. The van der Waals surface area contributed by atoms with Gasteiger partial charge in [0.2, 0.25) is 0 Å². The third-order valence-corrected chi connectivity index (χ3v) is 6.36. The van der Waals surface area contributed by atoms with Gasteiger partial charge in [-0.1, -0.05) is 34.1 Å². The first-order valence-electron chi connectivity index (χ1n) is 9.39. The van der Waals surface area contributed by atoms with Crippen LogP contribution in [0.4, 0.5) is 0 Å². The van der Waals surface area contributed by atoms with Crippen molar-refractivity contribution in [1.29, 1.82) is 0 Å². The Hall–Kier alpha value is -1.07. The van der Waals surface area contributed by atoms with Crippen molar-refractivity contribution in [2.75, 3.05) is 40.4 Å². The number of rotatable bonds is 6. The summed E-state index contributed by atoms with van der Waals surface area (Å²) >= 11 is 3.72. The predicted molar refractivity (Wildman–Crippen MR) is 107 cm³/mol. The molecule has 1 aromatic carbocycles. The molecule has 0 spiro atoms. The third kappa shape index (κ3) is 4.76. The van der Waals surface area contributed by atoms with Crippen LogP contribution < -0.4 is 5.32 Å². The van der Waals surface area contributed by atoms with Crippen LogP contribution in [-0.2, 0) is 10.2 Å². The zero-order valence-electron chi connectivity index (χ0n) is 15.4. The number of halogens is 1. The van der Waals surface area contributed by atoms with E-state index in [0.29, 0.717) is 0 Å².